The second kappa shape index (κ2) is 6.91. The SMILES string of the molecule is CCOC(Cc1c(C)c(C)cc(C)c1C)OCC. The number of hydrogen-bond acceptors (Lipinski definition) is 2. The molecule has 18 heavy (non-hydrogen) atoms. The summed E-state index contributed by atoms with van der Waals surface area (Å²) in [5, 5.41) is 0. The van der Waals surface area contributed by atoms with Crippen LogP contribution in [0.1, 0.15) is 41.7 Å². The lowest BCUT2D eigenvalue weighted by atomic mass is 9.92. The van der Waals surface area contributed by atoms with Gasteiger partial charge in [0.1, 0.15) is 0 Å². The fourth-order valence-electron chi connectivity index (χ4n) is 2.31. The zero-order chi connectivity index (χ0) is 13.7. The Morgan fingerprint density at radius 2 is 1.33 bits per heavy atom. The van der Waals surface area contributed by atoms with E-state index in [9.17, 15) is 0 Å². The number of rotatable bonds is 6. The molecule has 0 aliphatic rings. The smallest absolute Gasteiger partial charge is 0.161 e. The van der Waals surface area contributed by atoms with E-state index in [-0.39, 0.29) is 6.29 Å². The summed E-state index contributed by atoms with van der Waals surface area (Å²) in [5.41, 5.74) is 6.80. The van der Waals surface area contributed by atoms with Crippen LogP contribution in [0, 0.1) is 27.7 Å². The van der Waals surface area contributed by atoms with E-state index in [2.05, 4.69) is 33.8 Å². The van der Waals surface area contributed by atoms with E-state index >= 15 is 0 Å². The van der Waals surface area contributed by atoms with E-state index in [0.29, 0.717) is 13.2 Å². The van der Waals surface area contributed by atoms with Crippen molar-refractivity contribution in [1.29, 1.82) is 0 Å². The molecule has 0 radical (unpaired) electrons. The summed E-state index contributed by atoms with van der Waals surface area (Å²) in [5.74, 6) is 0. The number of benzene rings is 1. The third-order valence-corrected chi connectivity index (χ3v) is 3.60. The molecular weight excluding hydrogens is 224 g/mol. The zero-order valence-corrected chi connectivity index (χ0v) is 12.6. The Hall–Kier alpha value is -0.860. The summed E-state index contributed by atoms with van der Waals surface area (Å²) in [6, 6.07) is 2.25. The van der Waals surface area contributed by atoms with Gasteiger partial charge in [-0.3, -0.25) is 0 Å². The number of ether oxygens (including phenoxy) is 2. The van der Waals surface area contributed by atoms with Crippen LogP contribution in [0.4, 0.5) is 0 Å². The van der Waals surface area contributed by atoms with Crippen molar-refractivity contribution in [3.05, 3.63) is 33.9 Å². The van der Waals surface area contributed by atoms with Crippen molar-refractivity contribution in [3.63, 3.8) is 0 Å². The summed E-state index contributed by atoms with van der Waals surface area (Å²) in [6.07, 6.45) is 0.709. The summed E-state index contributed by atoms with van der Waals surface area (Å²) < 4.78 is 11.3. The summed E-state index contributed by atoms with van der Waals surface area (Å²) in [7, 11) is 0. The van der Waals surface area contributed by atoms with Gasteiger partial charge in [-0.25, -0.2) is 0 Å². The van der Waals surface area contributed by atoms with Crippen LogP contribution < -0.4 is 0 Å². The molecule has 0 saturated carbocycles. The van der Waals surface area contributed by atoms with Crippen LogP contribution in [-0.4, -0.2) is 19.5 Å². The maximum atomic E-state index is 5.65. The van der Waals surface area contributed by atoms with Gasteiger partial charge in [0, 0.05) is 19.6 Å². The van der Waals surface area contributed by atoms with Gasteiger partial charge in [0.25, 0.3) is 0 Å². The second-order valence-electron chi connectivity index (χ2n) is 4.78. The average Bonchev–Trinajstić information content (AvgIpc) is 2.32. The predicted molar refractivity (Wildman–Crippen MR) is 76.1 cm³/mol. The highest BCUT2D eigenvalue weighted by atomic mass is 16.7. The van der Waals surface area contributed by atoms with Crippen LogP contribution in [0.25, 0.3) is 0 Å². The van der Waals surface area contributed by atoms with E-state index < -0.39 is 0 Å². The minimum absolute atomic E-state index is 0.126. The summed E-state index contributed by atoms with van der Waals surface area (Å²) >= 11 is 0. The van der Waals surface area contributed by atoms with Gasteiger partial charge in [-0.15, -0.1) is 0 Å². The Morgan fingerprint density at radius 3 is 1.72 bits per heavy atom. The lowest BCUT2D eigenvalue weighted by Crippen LogP contribution is -2.21. The molecule has 0 N–H and O–H groups in total. The third kappa shape index (κ3) is 3.56. The fraction of sp³-hybridized carbons (Fsp3) is 0.625. The van der Waals surface area contributed by atoms with Gasteiger partial charge in [0.2, 0.25) is 0 Å². The Kier molecular flexibility index (Phi) is 5.83. The van der Waals surface area contributed by atoms with Gasteiger partial charge in [-0.05, 0) is 69.4 Å². The predicted octanol–water partition coefficient (Wildman–Crippen LogP) is 3.86. The molecule has 0 bridgehead atoms. The van der Waals surface area contributed by atoms with Crippen LogP contribution in [0.3, 0.4) is 0 Å². The van der Waals surface area contributed by atoms with Crippen LogP contribution in [0.5, 0.6) is 0 Å². The van der Waals surface area contributed by atoms with Gasteiger partial charge in [0.05, 0.1) is 0 Å². The molecule has 0 aromatic heterocycles. The van der Waals surface area contributed by atoms with Crippen LogP contribution in [-0.2, 0) is 15.9 Å². The van der Waals surface area contributed by atoms with E-state index in [1.165, 1.54) is 27.8 Å². The van der Waals surface area contributed by atoms with Crippen molar-refractivity contribution in [2.45, 2.75) is 54.3 Å². The molecule has 1 aromatic carbocycles. The first-order chi connectivity index (χ1) is 8.51. The molecular formula is C16H26O2. The Labute approximate surface area is 111 Å². The van der Waals surface area contributed by atoms with Gasteiger partial charge < -0.3 is 9.47 Å². The first-order valence-corrected chi connectivity index (χ1v) is 6.80. The van der Waals surface area contributed by atoms with Crippen molar-refractivity contribution in [2.24, 2.45) is 0 Å². The van der Waals surface area contributed by atoms with Gasteiger partial charge in [0.15, 0.2) is 6.29 Å². The van der Waals surface area contributed by atoms with E-state index in [1.807, 2.05) is 13.8 Å². The largest absolute Gasteiger partial charge is 0.353 e. The van der Waals surface area contributed by atoms with Crippen molar-refractivity contribution in [1.82, 2.24) is 0 Å². The van der Waals surface area contributed by atoms with Crippen LogP contribution in [0.2, 0.25) is 0 Å². The molecule has 2 heteroatoms. The molecule has 0 amide bonds. The Morgan fingerprint density at radius 1 is 0.889 bits per heavy atom. The molecule has 0 heterocycles. The highest BCUT2D eigenvalue weighted by molar-refractivity contribution is 5.44. The fourth-order valence-corrected chi connectivity index (χ4v) is 2.31. The molecule has 0 atom stereocenters. The highest BCUT2D eigenvalue weighted by Crippen LogP contribution is 2.23. The topological polar surface area (TPSA) is 18.5 Å². The average molecular weight is 250 g/mol. The molecule has 1 aromatic rings. The summed E-state index contributed by atoms with van der Waals surface area (Å²) in [4.78, 5) is 0. The van der Waals surface area contributed by atoms with E-state index in [1.54, 1.807) is 0 Å². The molecule has 0 saturated heterocycles. The molecule has 102 valence electrons. The van der Waals surface area contributed by atoms with E-state index in [0.717, 1.165) is 6.42 Å². The van der Waals surface area contributed by atoms with E-state index in [4.69, 9.17) is 9.47 Å². The second-order valence-corrected chi connectivity index (χ2v) is 4.78. The third-order valence-electron chi connectivity index (χ3n) is 3.60. The lowest BCUT2D eigenvalue weighted by molar-refractivity contribution is -0.134. The Bertz CT molecular complexity index is 364. The normalized spacial score (nSPS) is 11.3. The molecule has 2 nitrogen and oxygen atoms in total. The minimum Gasteiger partial charge on any atom is -0.353 e. The van der Waals surface area contributed by atoms with Crippen molar-refractivity contribution in [3.8, 4) is 0 Å². The molecule has 0 aliphatic carbocycles. The van der Waals surface area contributed by atoms with Crippen LogP contribution in [0.15, 0.2) is 6.07 Å². The maximum absolute atomic E-state index is 5.65. The minimum atomic E-state index is -0.126. The van der Waals surface area contributed by atoms with Crippen molar-refractivity contribution >= 4 is 0 Å². The number of hydrogen-bond donors (Lipinski definition) is 0. The summed E-state index contributed by atoms with van der Waals surface area (Å²) in [6.45, 7) is 14.1. The highest BCUT2D eigenvalue weighted by Gasteiger charge is 2.15. The van der Waals surface area contributed by atoms with Crippen molar-refractivity contribution < 1.29 is 9.47 Å². The van der Waals surface area contributed by atoms with Gasteiger partial charge >= 0.3 is 0 Å². The van der Waals surface area contributed by atoms with Gasteiger partial charge in [-0.1, -0.05) is 6.07 Å². The zero-order valence-electron chi connectivity index (χ0n) is 12.6. The lowest BCUT2D eigenvalue weighted by Gasteiger charge is -2.21. The maximum Gasteiger partial charge on any atom is 0.161 e. The van der Waals surface area contributed by atoms with Gasteiger partial charge in [-0.2, -0.15) is 0 Å². The molecule has 0 aliphatic heterocycles. The monoisotopic (exact) mass is 250 g/mol. The number of aryl methyl sites for hydroxylation is 2. The van der Waals surface area contributed by atoms with Crippen LogP contribution >= 0.6 is 0 Å². The van der Waals surface area contributed by atoms with Crippen molar-refractivity contribution in [2.75, 3.05) is 13.2 Å². The standard InChI is InChI=1S/C16H26O2/c1-7-17-16(18-8-2)10-15-13(5)11(3)9-12(4)14(15)6/h9,16H,7-8,10H2,1-6H3. The molecule has 0 unspecified atom stereocenters. The molecule has 1 rings (SSSR count). The first-order valence-electron chi connectivity index (χ1n) is 6.80. The molecule has 0 fully saturated rings. The quantitative estimate of drug-likeness (QED) is 0.714. The first kappa shape index (κ1) is 15.2. The molecule has 0 spiro atoms. The Balaban J connectivity index is 3.01.